The first-order valence-electron chi connectivity index (χ1n) is 5.08. The molecule has 1 heterocycles. The molecule has 100 valence electrons. The van der Waals surface area contributed by atoms with Crippen LogP contribution >= 0.6 is 0 Å². The number of nitrogens with zero attached hydrogens (tertiary/aromatic N) is 1. The first-order valence-corrected chi connectivity index (χ1v) is 6.56. The number of sulfonamides is 1. The van der Waals surface area contributed by atoms with Gasteiger partial charge in [0.25, 0.3) is 10.0 Å². The largest absolute Gasteiger partial charge is 0.384 e. The van der Waals surface area contributed by atoms with Crippen molar-refractivity contribution in [1.29, 1.82) is 0 Å². The monoisotopic (exact) mass is 285 g/mol. The Kier molecular flexibility index (Phi) is 3.34. The molecule has 5 nitrogen and oxygen atoms in total. The van der Waals surface area contributed by atoms with E-state index in [4.69, 9.17) is 5.73 Å². The summed E-state index contributed by atoms with van der Waals surface area (Å²) < 4.78 is 52.0. The lowest BCUT2D eigenvalue weighted by Crippen LogP contribution is -2.14. The number of nitrogen functional groups attached to an aromatic ring is 1. The van der Waals surface area contributed by atoms with Gasteiger partial charge in [0, 0.05) is 18.3 Å². The maximum Gasteiger partial charge on any atom is 0.262 e. The van der Waals surface area contributed by atoms with Crippen LogP contribution in [0.2, 0.25) is 0 Å². The van der Waals surface area contributed by atoms with E-state index >= 15 is 0 Å². The smallest absolute Gasteiger partial charge is 0.262 e. The van der Waals surface area contributed by atoms with Crippen molar-refractivity contribution in [3.05, 3.63) is 48.2 Å². The van der Waals surface area contributed by atoms with Gasteiger partial charge in [-0.1, -0.05) is 0 Å². The first-order chi connectivity index (χ1) is 8.88. The number of benzene rings is 1. The molecule has 0 saturated carbocycles. The Balaban J connectivity index is 2.36. The van der Waals surface area contributed by atoms with Crippen LogP contribution in [0.3, 0.4) is 0 Å². The van der Waals surface area contributed by atoms with Gasteiger partial charge < -0.3 is 5.73 Å². The van der Waals surface area contributed by atoms with Crippen molar-refractivity contribution in [3.63, 3.8) is 0 Å². The van der Waals surface area contributed by atoms with Gasteiger partial charge in [-0.15, -0.1) is 0 Å². The van der Waals surface area contributed by atoms with Gasteiger partial charge >= 0.3 is 0 Å². The van der Waals surface area contributed by atoms with Crippen LogP contribution in [0.5, 0.6) is 0 Å². The van der Waals surface area contributed by atoms with Crippen LogP contribution in [0.1, 0.15) is 0 Å². The molecule has 1 aromatic carbocycles. The summed E-state index contributed by atoms with van der Waals surface area (Å²) in [4.78, 5) is 3.49. The van der Waals surface area contributed by atoms with Crippen LogP contribution in [0, 0.1) is 11.6 Å². The van der Waals surface area contributed by atoms with Crippen LogP contribution < -0.4 is 10.5 Å². The second-order valence-corrected chi connectivity index (χ2v) is 5.33. The highest BCUT2D eigenvalue weighted by Gasteiger charge is 2.17. The number of pyridine rings is 1. The van der Waals surface area contributed by atoms with Crippen LogP contribution in [0.25, 0.3) is 0 Å². The Labute approximate surface area is 108 Å². The zero-order valence-electron chi connectivity index (χ0n) is 9.47. The van der Waals surface area contributed by atoms with Gasteiger partial charge in [-0.25, -0.2) is 22.2 Å². The highest BCUT2D eigenvalue weighted by Crippen LogP contribution is 2.20. The van der Waals surface area contributed by atoms with E-state index in [1.807, 2.05) is 4.72 Å². The molecule has 1 aromatic heterocycles. The number of nitrogens with two attached hydrogens (primary N) is 1. The second kappa shape index (κ2) is 4.81. The van der Waals surface area contributed by atoms with Crippen molar-refractivity contribution < 1.29 is 17.2 Å². The SMILES string of the molecule is Nc1cc(S(=O)(=O)Nc2ccc(F)cc2F)ccn1. The highest BCUT2D eigenvalue weighted by molar-refractivity contribution is 7.92. The summed E-state index contributed by atoms with van der Waals surface area (Å²) in [5, 5.41) is 0. The summed E-state index contributed by atoms with van der Waals surface area (Å²) >= 11 is 0. The van der Waals surface area contributed by atoms with Crippen molar-refractivity contribution in [2.45, 2.75) is 4.90 Å². The van der Waals surface area contributed by atoms with Gasteiger partial charge in [0.1, 0.15) is 17.5 Å². The number of hydrogen-bond donors (Lipinski definition) is 2. The van der Waals surface area contributed by atoms with Crippen molar-refractivity contribution in [3.8, 4) is 0 Å². The molecule has 0 aliphatic carbocycles. The third kappa shape index (κ3) is 2.97. The molecular formula is C11H9F2N3O2S. The zero-order chi connectivity index (χ0) is 14.0. The summed E-state index contributed by atoms with van der Waals surface area (Å²) in [6, 6.07) is 4.86. The Morgan fingerprint density at radius 3 is 2.53 bits per heavy atom. The van der Waals surface area contributed by atoms with Crippen molar-refractivity contribution in [1.82, 2.24) is 4.98 Å². The third-order valence-electron chi connectivity index (χ3n) is 2.24. The predicted octanol–water partition coefficient (Wildman–Crippen LogP) is 1.74. The molecule has 8 heteroatoms. The minimum Gasteiger partial charge on any atom is -0.384 e. The van der Waals surface area contributed by atoms with Gasteiger partial charge in [-0.3, -0.25) is 4.72 Å². The number of nitrogens with one attached hydrogen (secondary N) is 1. The summed E-state index contributed by atoms with van der Waals surface area (Å²) in [6.07, 6.45) is 1.21. The molecule has 0 atom stereocenters. The van der Waals surface area contributed by atoms with Gasteiger partial charge in [0.05, 0.1) is 10.6 Å². The van der Waals surface area contributed by atoms with E-state index in [0.29, 0.717) is 6.07 Å². The van der Waals surface area contributed by atoms with Crippen molar-refractivity contribution in [2.24, 2.45) is 0 Å². The number of aromatic nitrogens is 1. The molecule has 3 N–H and O–H groups in total. The molecule has 0 fully saturated rings. The van der Waals surface area contributed by atoms with E-state index in [9.17, 15) is 17.2 Å². The average molecular weight is 285 g/mol. The quantitative estimate of drug-likeness (QED) is 0.899. The van der Waals surface area contributed by atoms with Crippen molar-refractivity contribution in [2.75, 3.05) is 10.5 Å². The first kappa shape index (κ1) is 13.2. The topological polar surface area (TPSA) is 85.1 Å². The molecule has 0 bridgehead atoms. The lowest BCUT2D eigenvalue weighted by Gasteiger charge is -2.09. The fraction of sp³-hybridized carbons (Fsp3) is 0. The summed E-state index contributed by atoms with van der Waals surface area (Å²) in [5.41, 5.74) is 5.02. The van der Waals surface area contributed by atoms with Gasteiger partial charge in [0.2, 0.25) is 0 Å². The zero-order valence-corrected chi connectivity index (χ0v) is 10.3. The molecule has 0 aliphatic heterocycles. The minimum atomic E-state index is -4.00. The number of halogens is 2. The Morgan fingerprint density at radius 1 is 1.16 bits per heavy atom. The Morgan fingerprint density at radius 2 is 1.89 bits per heavy atom. The summed E-state index contributed by atoms with van der Waals surface area (Å²) in [7, 11) is -4.00. The molecule has 2 aromatic rings. The molecule has 0 saturated heterocycles. The van der Waals surface area contributed by atoms with E-state index in [2.05, 4.69) is 4.98 Å². The molecule has 19 heavy (non-hydrogen) atoms. The molecule has 0 aliphatic rings. The maximum atomic E-state index is 13.4. The van der Waals surface area contributed by atoms with Crippen LogP contribution in [-0.4, -0.2) is 13.4 Å². The Bertz CT molecular complexity index is 720. The molecule has 0 amide bonds. The average Bonchev–Trinajstić information content (AvgIpc) is 2.33. The van der Waals surface area contributed by atoms with Crippen molar-refractivity contribution >= 4 is 21.5 Å². The molecular weight excluding hydrogens is 276 g/mol. The van der Waals surface area contributed by atoms with E-state index in [1.54, 1.807) is 0 Å². The number of rotatable bonds is 3. The molecule has 2 rings (SSSR count). The molecule has 0 unspecified atom stereocenters. The van der Waals surface area contributed by atoms with Gasteiger partial charge in [-0.05, 0) is 18.2 Å². The molecule has 0 radical (unpaired) electrons. The lowest BCUT2D eigenvalue weighted by molar-refractivity contribution is 0.583. The third-order valence-corrected chi connectivity index (χ3v) is 3.60. The standard InChI is InChI=1S/C11H9F2N3O2S/c12-7-1-2-10(9(13)5-7)16-19(17,18)8-3-4-15-11(14)6-8/h1-6,16H,(H2,14,15). The van der Waals surface area contributed by atoms with E-state index in [1.165, 1.54) is 12.3 Å². The van der Waals surface area contributed by atoms with E-state index in [0.717, 1.165) is 18.2 Å². The summed E-state index contributed by atoms with van der Waals surface area (Å²) in [5.74, 6) is -1.79. The van der Waals surface area contributed by atoms with Crippen LogP contribution in [0.15, 0.2) is 41.4 Å². The molecule has 0 spiro atoms. The second-order valence-electron chi connectivity index (χ2n) is 3.65. The van der Waals surface area contributed by atoms with E-state index < -0.39 is 21.7 Å². The Hall–Kier alpha value is -2.22. The predicted molar refractivity (Wildman–Crippen MR) is 65.8 cm³/mol. The van der Waals surface area contributed by atoms with E-state index in [-0.39, 0.29) is 16.4 Å². The van der Waals surface area contributed by atoms with Gasteiger partial charge in [0.15, 0.2) is 0 Å². The number of anilines is 2. The highest BCUT2D eigenvalue weighted by atomic mass is 32.2. The number of hydrogen-bond acceptors (Lipinski definition) is 4. The maximum absolute atomic E-state index is 13.4. The lowest BCUT2D eigenvalue weighted by atomic mass is 10.3. The summed E-state index contributed by atoms with van der Waals surface area (Å²) in [6.45, 7) is 0. The minimum absolute atomic E-state index is 0.0162. The fourth-order valence-electron chi connectivity index (χ4n) is 1.37. The van der Waals surface area contributed by atoms with Crippen LogP contribution in [0.4, 0.5) is 20.3 Å². The van der Waals surface area contributed by atoms with Gasteiger partial charge in [-0.2, -0.15) is 0 Å². The fourth-order valence-corrected chi connectivity index (χ4v) is 2.46. The normalized spacial score (nSPS) is 11.3. The van der Waals surface area contributed by atoms with Crippen LogP contribution in [-0.2, 0) is 10.0 Å².